The van der Waals surface area contributed by atoms with Gasteiger partial charge in [-0.15, -0.1) is 0 Å². The van der Waals surface area contributed by atoms with Crippen LogP contribution >= 0.6 is 0 Å². The van der Waals surface area contributed by atoms with Crippen LogP contribution in [0.15, 0.2) is 91.0 Å². The minimum atomic E-state index is -0.878. The molecule has 0 aromatic heterocycles. The van der Waals surface area contributed by atoms with Gasteiger partial charge in [0.05, 0.1) is 6.04 Å². The van der Waals surface area contributed by atoms with Crippen molar-refractivity contribution in [1.29, 1.82) is 0 Å². The van der Waals surface area contributed by atoms with Crippen molar-refractivity contribution >= 4 is 11.9 Å². The molecule has 3 aromatic carbocycles. The van der Waals surface area contributed by atoms with Crippen LogP contribution in [-0.4, -0.2) is 32.1 Å². The van der Waals surface area contributed by atoms with E-state index in [-0.39, 0.29) is 5.91 Å². The standard InChI is InChI=1S/C27H29NO5/c1-19(28-26(29)24(31-2)21-15-9-5-10-16-21)23(20-13-7-4-8-14-20)33-27(30)25(32-3)22-17-11-6-12-18-22/h4-19,23-25H,1-3H3,(H,28,29)/t19-,23-,24+,25+/m0/s1. The van der Waals surface area contributed by atoms with Crippen molar-refractivity contribution in [2.75, 3.05) is 14.2 Å². The van der Waals surface area contributed by atoms with Gasteiger partial charge in [0.15, 0.2) is 12.2 Å². The Morgan fingerprint density at radius 1 is 0.667 bits per heavy atom. The lowest BCUT2D eigenvalue weighted by Gasteiger charge is -2.28. The summed E-state index contributed by atoms with van der Waals surface area (Å²) in [6.07, 6.45) is -2.38. The molecule has 0 radical (unpaired) electrons. The highest BCUT2D eigenvalue weighted by Crippen LogP contribution is 2.27. The molecule has 0 aliphatic carbocycles. The fourth-order valence-electron chi connectivity index (χ4n) is 3.68. The minimum Gasteiger partial charge on any atom is -0.453 e. The summed E-state index contributed by atoms with van der Waals surface area (Å²) in [6, 6.07) is 27.2. The molecule has 0 unspecified atom stereocenters. The molecule has 172 valence electrons. The van der Waals surface area contributed by atoms with Gasteiger partial charge in [0.2, 0.25) is 0 Å². The molecule has 6 nitrogen and oxygen atoms in total. The number of hydrogen-bond donors (Lipinski definition) is 1. The van der Waals surface area contributed by atoms with Gasteiger partial charge < -0.3 is 19.5 Å². The fourth-order valence-corrected chi connectivity index (χ4v) is 3.68. The number of carbonyl (C=O) groups is 2. The number of methoxy groups -OCH3 is 2. The van der Waals surface area contributed by atoms with Crippen LogP contribution < -0.4 is 5.32 Å². The quantitative estimate of drug-likeness (QED) is 0.462. The first-order valence-electron chi connectivity index (χ1n) is 10.8. The second-order valence-corrected chi connectivity index (χ2v) is 7.62. The van der Waals surface area contributed by atoms with E-state index in [1.165, 1.54) is 14.2 Å². The molecular weight excluding hydrogens is 418 g/mol. The first-order valence-corrected chi connectivity index (χ1v) is 10.8. The predicted octanol–water partition coefficient (Wildman–Crippen LogP) is 4.55. The molecule has 4 atom stereocenters. The predicted molar refractivity (Wildman–Crippen MR) is 125 cm³/mol. The number of rotatable bonds is 10. The third kappa shape index (κ3) is 6.28. The van der Waals surface area contributed by atoms with Crippen LogP contribution in [0.1, 0.15) is 41.9 Å². The van der Waals surface area contributed by atoms with Crippen molar-refractivity contribution in [3.8, 4) is 0 Å². The van der Waals surface area contributed by atoms with Crippen molar-refractivity contribution < 1.29 is 23.8 Å². The van der Waals surface area contributed by atoms with Gasteiger partial charge in [0.25, 0.3) is 5.91 Å². The van der Waals surface area contributed by atoms with Crippen molar-refractivity contribution in [2.45, 2.75) is 31.3 Å². The molecule has 1 N–H and O–H groups in total. The maximum Gasteiger partial charge on any atom is 0.340 e. The van der Waals surface area contributed by atoms with E-state index in [1.54, 1.807) is 19.1 Å². The highest BCUT2D eigenvalue weighted by Gasteiger charge is 2.31. The van der Waals surface area contributed by atoms with Crippen molar-refractivity contribution in [3.05, 3.63) is 108 Å². The van der Waals surface area contributed by atoms with E-state index in [2.05, 4.69) is 5.32 Å². The van der Waals surface area contributed by atoms with Crippen molar-refractivity contribution in [2.24, 2.45) is 0 Å². The molecule has 0 aliphatic rings. The van der Waals surface area contributed by atoms with Crippen LogP contribution in [0.5, 0.6) is 0 Å². The van der Waals surface area contributed by atoms with E-state index < -0.39 is 30.3 Å². The number of esters is 1. The normalized spacial score (nSPS) is 14.5. The minimum absolute atomic E-state index is 0.320. The summed E-state index contributed by atoms with van der Waals surface area (Å²) in [6.45, 7) is 1.80. The molecule has 6 heteroatoms. The average molecular weight is 448 g/mol. The van der Waals surface area contributed by atoms with Crippen LogP contribution in [0.25, 0.3) is 0 Å². The maximum absolute atomic E-state index is 13.1. The third-order valence-corrected chi connectivity index (χ3v) is 5.32. The molecule has 0 aliphatic heterocycles. The number of amides is 1. The van der Waals surface area contributed by atoms with E-state index in [0.29, 0.717) is 5.56 Å². The number of ether oxygens (including phenoxy) is 3. The maximum atomic E-state index is 13.1. The number of hydrogen-bond acceptors (Lipinski definition) is 5. The second-order valence-electron chi connectivity index (χ2n) is 7.62. The SMILES string of the molecule is CO[C@@H](C(=O)N[C@@H](C)[C@H](OC(=O)[C@H](OC)c1ccccc1)c1ccccc1)c1ccccc1. The van der Waals surface area contributed by atoms with Crippen LogP contribution in [0.2, 0.25) is 0 Å². The third-order valence-electron chi connectivity index (χ3n) is 5.32. The Hall–Kier alpha value is -3.48. The van der Waals surface area contributed by atoms with Gasteiger partial charge in [-0.25, -0.2) is 4.79 Å². The molecule has 3 rings (SSSR count). The topological polar surface area (TPSA) is 73.9 Å². The lowest BCUT2D eigenvalue weighted by molar-refractivity contribution is -0.164. The van der Waals surface area contributed by atoms with Gasteiger partial charge in [-0.1, -0.05) is 91.0 Å². The van der Waals surface area contributed by atoms with E-state index in [9.17, 15) is 9.59 Å². The smallest absolute Gasteiger partial charge is 0.340 e. The Kier molecular flexibility index (Phi) is 8.75. The van der Waals surface area contributed by atoms with Crippen molar-refractivity contribution in [1.82, 2.24) is 5.32 Å². The number of benzene rings is 3. The van der Waals surface area contributed by atoms with Gasteiger partial charge >= 0.3 is 5.97 Å². The van der Waals surface area contributed by atoms with Gasteiger partial charge in [0, 0.05) is 14.2 Å². The zero-order valence-corrected chi connectivity index (χ0v) is 19.0. The molecule has 33 heavy (non-hydrogen) atoms. The average Bonchev–Trinajstić information content (AvgIpc) is 2.85. The summed E-state index contributed by atoms with van der Waals surface area (Å²) in [4.78, 5) is 26.1. The highest BCUT2D eigenvalue weighted by atomic mass is 16.6. The molecule has 0 saturated carbocycles. The molecule has 0 bridgehead atoms. The zero-order chi connectivity index (χ0) is 23.6. The summed E-state index contributed by atoms with van der Waals surface area (Å²) >= 11 is 0. The Labute approximate surface area is 194 Å². The summed E-state index contributed by atoms with van der Waals surface area (Å²) in [5, 5.41) is 2.95. The molecule has 1 amide bonds. The van der Waals surface area contributed by atoms with Gasteiger partial charge in [-0.2, -0.15) is 0 Å². The number of carbonyl (C=O) groups excluding carboxylic acids is 2. The lowest BCUT2D eigenvalue weighted by atomic mass is 10.0. The fraction of sp³-hybridized carbons (Fsp3) is 0.259. The summed E-state index contributed by atoms with van der Waals surface area (Å²) in [5.74, 6) is -0.857. The number of nitrogens with one attached hydrogen (secondary N) is 1. The van der Waals surface area contributed by atoms with Gasteiger partial charge in [0.1, 0.15) is 6.10 Å². The van der Waals surface area contributed by atoms with Gasteiger partial charge in [-0.3, -0.25) is 4.79 Å². The van der Waals surface area contributed by atoms with Crippen LogP contribution in [-0.2, 0) is 23.8 Å². The lowest BCUT2D eigenvalue weighted by Crippen LogP contribution is -2.42. The molecular formula is C27H29NO5. The Bertz CT molecular complexity index is 1010. The van der Waals surface area contributed by atoms with E-state index in [0.717, 1.165) is 11.1 Å². The second kappa shape index (κ2) is 11.9. The summed E-state index contributed by atoms with van der Waals surface area (Å²) in [5.41, 5.74) is 2.19. The molecule has 0 heterocycles. The summed E-state index contributed by atoms with van der Waals surface area (Å²) in [7, 11) is 2.95. The van der Waals surface area contributed by atoms with Crippen molar-refractivity contribution in [3.63, 3.8) is 0 Å². The monoisotopic (exact) mass is 447 g/mol. The zero-order valence-electron chi connectivity index (χ0n) is 19.0. The first kappa shape index (κ1) is 24.2. The van der Waals surface area contributed by atoms with E-state index in [4.69, 9.17) is 14.2 Å². The molecule has 3 aromatic rings. The molecule has 0 saturated heterocycles. The first-order chi connectivity index (χ1) is 16.0. The van der Waals surface area contributed by atoms with E-state index in [1.807, 2.05) is 78.9 Å². The largest absolute Gasteiger partial charge is 0.453 e. The van der Waals surface area contributed by atoms with Gasteiger partial charge in [-0.05, 0) is 23.6 Å². The summed E-state index contributed by atoms with van der Waals surface area (Å²) < 4.78 is 16.8. The van der Waals surface area contributed by atoms with Crippen LogP contribution in [0.4, 0.5) is 0 Å². The highest BCUT2D eigenvalue weighted by molar-refractivity contribution is 5.82. The van der Waals surface area contributed by atoms with Crippen LogP contribution in [0.3, 0.4) is 0 Å². The Morgan fingerprint density at radius 3 is 1.55 bits per heavy atom. The molecule has 0 fully saturated rings. The van der Waals surface area contributed by atoms with Crippen LogP contribution in [0, 0.1) is 0 Å². The van der Waals surface area contributed by atoms with E-state index >= 15 is 0 Å². The Morgan fingerprint density at radius 2 is 1.09 bits per heavy atom. The Balaban J connectivity index is 1.80. The molecule has 0 spiro atoms.